The summed E-state index contributed by atoms with van der Waals surface area (Å²) in [6, 6.07) is 12.7. The molecule has 2 N–H and O–H groups in total. The third kappa shape index (κ3) is 8.16. The third-order valence-electron chi connectivity index (χ3n) is 3.94. The zero-order valence-electron chi connectivity index (χ0n) is 17.5. The molecule has 0 atom stereocenters. The van der Waals surface area contributed by atoms with Crippen LogP contribution in [-0.4, -0.2) is 24.2 Å². The average Bonchev–Trinajstić information content (AvgIpc) is 2.67. The van der Waals surface area contributed by atoms with E-state index in [0.29, 0.717) is 41.9 Å². The Kier molecular flexibility index (Phi) is 9.33. The first-order chi connectivity index (χ1) is 14.2. The van der Waals surface area contributed by atoms with Crippen molar-refractivity contribution >= 4 is 44.9 Å². The van der Waals surface area contributed by atoms with Crippen LogP contribution in [0.15, 0.2) is 59.1 Å². The molecular formula is C23H27BrN2O3S. The van der Waals surface area contributed by atoms with Crippen molar-refractivity contribution in [3.05, 3.63) is 64.7 Å². The van der Waals surface area contributed by atoms with Gasteiger partial charge in [0.15, 0.2) is 5.11 Å². The Balaban J connectivity index is 2.02. The van der Waals surface area contributed by atoms with Gasteiger partial charge in [0, 0.05) is 16.2 Å². The van der Waals surface area contributed by atoms with Crippen LogP contribution in [0.25, 0.3) is 0 Å². The Morgan fingerprint density at radius 1 is 1.20 bits per heavy atom. The predicted octanol–water partition coefficient (Wildman–Crippen LogP) is 5.96. The van der Waals surface area contributed by atoms with Crippen molar-refractivity contribution in [1.82, 2.24) is 5.32 Å². The van der Waals surface area contributed by atoms with E-state index >= 15 is 0 Å². The van der Waals surface area contributed by atoms with Crippen molar-refractivity contribution in [1.29, 1.82) is 0 Å². The van der Waals surface area contributed by atoms with E-state index in [1.807, 2.05) is 31.2 Å². The topological polar surface area (TPSA) is 59.6 Å². The quantitative estimate of drug-likeness (QED) is 0.335. The largest absolute Gasteiger partial charge is 0.493 e. The molecule has 30 heavy (non-hydrogen) atoms. The van der Waals surface area contributed by atoms with Crippen LogP contribution >= 0.6 is 28.1 Å². The zero-order chi connectivity index (χ0) is 22.1. The van der Waals surface area contributed by atoms with Gasteiger partial charge in [-0.2, -0.15) is 0 Å². The van der Waals surface area contributed by atoms with Crippen molar-refractivity contribution in [3.63, 3.8) is 0 Å². The van der Waals surface area contributed by atoms with E-state index in [-0.39, 0.29) is 11.0 Å². The Bertz CT molecular complexity index is 915. The van der Waals surface area contributed by atoms with Crippen LogP contribution in [0, 0.1) is 5.92 Å². The van der Waals surface area contributed by atoms with E-state index in [1.165, 1.54) is 0 Å². The Morgan fingerprint density at radius 2 is 1.97 bits per heavy atom. The van der Waals surface area contributed by atoms with Gasteiger partial charge in [-0.1, -0.05) is 42.4 Å². The van der Waals surface area contributed by atoms with Crippen molar-refractivity contribution in [2.24, 2.45) is 5.92 Å². The molecular weight excluding hydrogens is 464 g/mol. The number of carbonyl (C=O) groups excluding carboxylic acids is 1. The smallest absolute Gasteiger partial charge is 0.261 e. The molecule has 0 aliphatic rings. The number of amides is 1. The van der Waals surface area contributed by atoms with E-state index in [1.54, 1.807) is 18.2 Å². The van der Waals surface area contributed by atoms with Crippen LogP contribution in [0.1, 0.15) is 37.6 Å². The lowest BCUT2D eigenvalue weighted by molar-refractivity contribution is 0.0973. The van der Waals surface area contributed by atoms with Gasteiger partial charge < -0.3 is 14.8 Å². The molecule has 0 aliphatic heterocycles. The third-order valence-corrected chi connectivity index (χ3v) is 4.64. The number of hydrogen-bond acceptors (Lipinski definition) is 4. The number of halogens is 1. The summed E-state index contributed by atoms with van der Waals surface area (Å²) in [5.41, 5.74) is 2.05. The lowest BCUT2D eigenvalue weighted by Crippen LogP contribution is -2.34. The van der Waals surface area contributed by atoms with Crippen LogP contribution in [-0.2, 0) is 0 Å². The highest BCUT2D eigenvalue weighted by atomic mass is 79.9. The summed E-state index contributed by atoms with van der Waals surface area (Å²) in [5.74, 6) is 1.38. The number of hydrogen-bond donors (Lipinski definition) is 2. The number of nitrogens with one attached hydrogen (secondary N) is 2. The molecule has 0 aliphatic carbocycles. The molecule has 0 unspecified atom stereocenters. The van der Waals surface area contributed by atoms with Gasteiger partial charge >= 0.3 is 0 Å². The molecule has 1 amide bonds. The summed E-state index contributed by atoms with van der Waals surface area (Å²) in [6.07, 6.45) is 0.904. The van der Waals surface area contributed by atoms with Crippen LogP contribution in [0.5, 0.6) is 11.5 Å². The van der Waals surface area contributed by atoms with Crippen LogP contribution in [0.2, 0.25) is 0 Å². The molecule has 0 heterocycles. The number of ether oxygens (including phenoxy) is 2. The van der Waals surface area contributed by atoms with E-state index < -0.39 is 0 Å². The van der Waals surface area contributed by atoms with Crippen molar-refractivity contribution < 1.29 is 14.3 Å². The van der Waals surface area contributed by atoms with Crippen molar-refractivity contribution in [2.75, 3.05) is 18.5 Å². The summed E-state index contributed by atoms with van der Waals surface area (Å²) in [6.45, 7) is 10.9. The fourth-order valence-electron chi connectivity index (χ4n) is 2.41. The average molecular weight is 491 g/mol. The minimum Gasteiger partial charge on any atom is -0.493 e. The van der Waals surface area contributed by atoms with Gasteiger partial charge in [0.25, 0.3) is 5.91 Å². The molecule has 5 nitrogen and oxygen atoms in total. The molecule has 0 aromatic heterocycles. The maximum atomic E-state index is 12.8. The Labute approximate surface area is 192 Å². The van der Waals surface area contributed by atoms with E-state index in [9.17, 15) is 4.79 Å². The highest BCUT2D eigenvalue weighted by Gasteiger charge is 2.15. The summed E-state index contributed by atoms with van der Waals surface area (Å²) >= 11 is 8.71. The van der Waals surface area contributed by atoms with Gasteiger partial charge in [0.2, 0.25) is 0 Å². The standard InChI is InChI=1S/C23H27BrN2O3S/c1-15(2)10-11-28-21-9-8-17(24)12-20(21)22(27)26-23(30)25-18-6-5-7-19(13-18)29-14-16(3)4/h5-9,12-13,15H,3,10-11,14H2,1-2,4H3,(H2,25,26,27,30). The Hall–Kier alpha value is -2.38. The van der Waals surface area contributed by atoms with E-state index in [2.05, 4.69) is 47.0 Å². The normalized spacial score (nSPS) is 10.4. The summed E-state index contributed by atoms with van der Waals surface area (Å²) in [5, 5.41) is 5.90. The molecule has 0 radical (unpaired) electrons. The number of thiocarbonyl (C=S) groups is 1. The molecule has 0 saturated carbocycles. The SMILES string of the molecule is C=C(C)COc1cccc(NC(=S)NC(=O)c2cc(Br)ccc2OCCC(C)C)c1. The lowest BCUT2D eigenvalue weighted by Gasteiger charge is -2.14. The van der Waals surface area contributed by atoms with Gasteiger partial charge in [-0.3, -0.25) is 10.1 Å². The fraction of sp³-hybridized carbons (Fsp3) is 0.304. The highest BCUT2D eigenvalue weighted by Crippen LogP contribution is 2.24. The first-order valence-corrected chi connectivity index (χ1v) is 10.9. The number of benzene rings is 2. The van der Waals surface area contributed by atoms with Gasteiger partial charge in [-0.25, -0.2) is 0 Å². The molecule has 160 valence electrons. The van der Waals surface area contributed by atoms with E-state index in [0.717, 1.165) is 16.5 Å². The summed E-state index contributed by atoms with van der Waals surface area (Å²) in [4.78, 5) is 12.8. The molecule has 2 aromatic carbocycles. The number of anilines is 1. The Morgan fingerprint density at radius 3 is 2.67 bits per heavy atom. The monoisotopic (exact) mass is 490 g/mol. The molecule has 7 heteroatoms. The lowest BCUT2D eigenvalue weighted by atomic mass is 10.1. The predicted molar refractivity (Wildman–Crippen MR) is 130 cm³/mol. The van der Waals surface area contributed by atoms with Gasteiger partial charge in [0.1, 0.15) is 18.1 Å². The second kappa shape index (κ2) is 11.7. The first-order valence-electron chi connectivity index (χ1n) is 9.66. The zero-order valence-corrected chi connectivity index (χ0v) is 19.9. The minimum atomic E-state index is -0.344. The van der Waals surface area contributed by atoms with Crippen LogP contribution in [0.4, 0.5) is 5.69 Å². The summed E-state index contributed by atoms with van der Waals surface area (Å²) < 4.78 is 12.2. The van der Waals surface area contributed by atoms with Gasteiger partial charge in [-0.05, 0) is 67.4 Å². The minimum absolute atomic E-state index is 0.185. The molecule has 0 fully saturated rings. The molecule has 0 spiro atoms. The maximum absolute atomic E-state index is 12.8. The number of carbonyl (C=O) groups is 1. The van der Waals surface area contributed by atoms with Gasteiger partial charge in [0.05, 0.1) is 12.2 Å². The van der Waals surface area contributed by atoms with Crippen molar-refractivity contribution in [3.8, 4) is 11.5 Å². The highest BCUT2D eigenvalue weighted by molar-refractivity contribution is 9.10. The maximum Gasteiger partial charge on any atom is 0.261 e. The van der Waals surface area contributed by atoms with Gasteiger partial charge in [-0.15, -0.1) is 0 Å². The summed E-state index contributed by atoms with van der Waals surface area (Å²) in [7, 11) is 0. The second-order valence-corrected chi connectivity index (χ2v) is 8.68. The molecule has 0 bridgehead atoms. The molecule has 2 rings (SSSR count). The molecule has 2 aromatic rings. The molecule has 0 saturated heterocycles. The van der Waals surface area contributed by atoms with Crippen molar-refractivity contribution in [2.45, 2.75) is 27.2 Å². The second-order valence-electron chi connectivity index (χ2n) is 7.35. The fourth-order valence-corrected chi connectivity index (χ4v) is 2.98. The van der Waals surface area contributed by atoms with Crippen LogP contribution < -0.4 is 20.1 Å². The first kappa shape index (κ1) is 23.9. The number of rotatable bonds is 9. The van der Waals surface area contributed by atoms with Crippen LogP contribution in [0.3, 0.4) is 0 Å². The van der Waals surface area contributed by atoms with E-state index in [4.69, 9.17) is 21.7 Å².